The van der Waals surface area contributed by atoms with Crippen LogP contribution in [0.25, 0.3) is 11.1 Å². The van der Waals surface area contributed by atoms with E-state index in [0.29, 0.717) is 0 Å². The van der Waals surface area contributed by atoms with Gasteiger partial charge in [0.15, 0.2) is 0 Å². The Morgan fingerprint density at radius 3 is 1.50 bits per heavy atom. The van der Waals surface area contributed by atoms with Gasteiger partial charge in [0.2, 0.25) is 0 Å². The highest BCUT2D eigenvalue weighted by molar-refractivity contribution is 9.09. The predicted octanol–water partition coefficient (Wildman–Crippen LogP) is 6.80. The summed E-state index contributed by atoms with van der Waals surface area (Å²) in [5.74, 6) is 0. The van der Waals surface area contributed by atoms with Gasteiger partial charge in [-0.1, -0.05) is 84.2 Å². The second-order valence-electron chi connectivity index (χ2n) is 6.00. The van der Waals surface area contributed by atoms with Gasteiger partial charge in [-0.3, -0.25) is 0 Å². The average Bonchev–Trinajstić information content (AvgIpc) is 2.57. The molecule has 0 saturated carbocycles. The molecule has 2 rings (SSSR count). The molecule has 0 fully saturated rings. The van der Waals surface area contributed by atoms with E-state index in [1.165, 1.54) is 67.2 Å². The number of benzene rings is 2. The zero-order valence-electron chi connectivity index (χ0n) is 13.7. The molecule has 0 nitrogen and oxygen atoms in total. The van der Waals surface area contributed by atoms with Crippen molar-refractivity contribution >= 4 is 15.9 Å². The molecule has 0 radical (unpaired) electrons. The standard InChI is InChI=1S/C21H27Br/c1-2-3-4-7-18-9-13-20(14-10-18)21-15-11-19(12-16-21)8-5-6-17-22/h9-16H,2-8,17H2,1H3. The maximum atomic E-state index is 3.49. The number of rotatable bonds is 9. The van der Waals surface area contributed by atoms with Gasteiger partial charge in [0.05, 0.1) is 0 Å². The first-order valence-corrected chi connectivity index (χ1v) is 9.70. The number of unbranched alkanes of at least 4 members (excludes halogenated alkanes) is 3. The van der Waals surface area contributed by atoms with Crippen LogP contribution in [0.3, 0.4) is 0 Å². The number of halogens is 1. The minimum atomic E-state index is 1.11. The lowest BCUT2D eigenvalue weighted by Gasteiger charge is -2.06. The molecule has 0 aliphatic rings. The van der Waals surface area contributed by atoms with E-state index in [4.69, 9.17) is 0 Å². The van der Waals surface area contributed by atoms with E-state index < -0.39 is 0 Å². The fraction of sp³-hybridized carbons (Fsp3) is 0.429. The summed E-state index contributed by atoms with van der Waals surface area (Å²) in [6, 6.07) is 18.2. The van der Waals surface area contributed by atoms with Gasteiger partial charge in [-0.05, 0) is 54.4 Å². The Hall–Kier alpha value is -1.08. The molecule has 1 heteroatoms. The molecule has 0 heterocycles. The lowest BCUT2D eigenvalue weighted by atomic mass is 9.99. The lowest BCUT2D eigenvalue weighted by molar-refractivity contribution is 0.717. The van der Waals surface area contributed by atoms with E-state index in [0.717, 1.165) is 5.33 Å². The number of alkyl halides is 1. The third-order valence-electron chi connectivity index (χ3n) is 4.16. The number of hydrogen-bond donors (Lipinski definition) is 0. The Bertz CT molecular complexity index is 473. The van der Waals surface area contributed by atoms with Gasteiger partial charge >= 0.3 is 0 Å². The van der Waals surface area contributed by atoms with Crippen LogP contribution in [0.1, 0.15) is 50.2 Å². The minimum absolute atomic E-state index is 1.11. The molecule has 0 N–H and O–H groups in total. The Labute approximate surface area is 144 Å². The smallest absolute Gasteiger partial charge is 0.00314 e. The fourth-order valence-corrected chi connectivity index (χ4v) is 3.13. The van der Waals surface area contributed by atoms with Crippen LogP contribution in [0.5, 0.6) is 0 Å². The molecule has 2 aromatic rings. The van der Waals surface area contributed by atoms with Gasteiger partial charge in [0, 0.05) is 5.33 Å². The van der Waals surface area contributed by atoms with Crippen LogP contribution in [-0.4, -0.2) is 5.33 Å². The van der Waals surface area contributed by atoms with Crippen LogP contribution in [-0.2, 0) is 12.8 Å². The summed E-state index contributed by atoms with van der Waals surface area (Å²) in [4.78, 5) is 0. The van der Waals surface area contributed by atoms with Crippen LogP contribution in [0.15, 0.2) is 48.5 Å². The Morgan fingerprint density at radius 1 is 0.636 bits per heavy atom. The summed E-state index contributed by atoms with van der Waals surface area (Å²) in [5.41, 5.74) is 5.56. The third-order valence-corrected chi connectivity index (χ3v) is 4.72. The highest BCUT2D eigenvalue weighted by atomic mass is 79.9. The molecule has 22 heavy (non-hydrogen) atoms. The van der Waals surface area contributed by atoms with Crippen molar-refractivity contribution in [3.8, 4) is 11.1 Å². The lowest BCUT2D eigenvalue weighted by Crippen LogP contribution is -1.88. The molecule has 2 aromatic carbocycles. The molecule has 0 unspecified atom stereocenters. The molecule has 0 atom stereocenters. The van der Waals surface area contributed by atoms with E-state index in [2.05, 4.69) is 71.4 Å². The molecule has 0 aliphatic carbocycles. The monoisotopic (exact) mass is 358 g/mol. The fourth-order valence-electron chi connectivity index (χ4n) is 2.73. The first-order chi connectivity index (χ1) is 10.8. The molecule has 0 amide bonds. The molecule has 0 bridgehead atoms. The van der Waals surface area contributed by atoms with Crippen LogP contribution in [0.2, 0.25) is 0 Å². The Balaban J connectivity index is 1.93. The summed E-state index contributed by atoms with van der Waals surface area (Å²) in [6.45, 7) is 2.26. The van der Waals surface area contributed by atoms with Crippen molar-refractivity contribution in [2.45, 2.75) is 51.9 Å². The van der Waals surface area contributed by atoms with E-state index in [-0.39, 0.29) is 0 Å². The van der Waals surface area contributed by atoms with Crippen molar-refractivity contribution in [1.29, 1.82) is 0 Å². The van der Waals surface area contributed by atoms with Gasteiger partial charge in [0.25, 0.3) is 0 Å². The zero-order chi connectivity index (χ0) is 15.6. The van der Waals surface area contributed by atoms with Crippen LogP contribution < -0.4 is 0 Å². The molecule has 0 spiro atoms. The van der Waals surface area contributed by atoms with Crippen molar-refractivity contribution < 1.29 is 0 Å². The summed E-state index contributed by atoms with van der Waals surface area (Å²) < 4.78 is 0. The Kier molecular flexibility index (Phi) is 7.73. The summed E-state index contributed by atoms with van der Waals surface area (Å²) >= 11 is 3.49. The van der Waals surface area contributed by atoms with Crippen LogP contribution >= 0.6 is 15.9 Å². The molecular weight excluding hydrogens is 332 g/mol. The second-order valence-corrected chi connectivity index (χ2v) is 6.79. The van der Waals surface area contributed by atoms with Crippen molar-refractivity contribution in [3.05, 3.63) is 59.7 Å². The number of hydrogen-bond acceptors (Lipinski definition) is 0. The highest BCUT2D eigenvalue weighted by Gasteiger charge is 2.00. The second kappa shape index (κ2) is 9.84. The zero-order valence-corrected chi connectivity index (χ0v) is 15.2. The highest BCUT2D eigenvalue weighted by Crippen LogP contribution is 2.21. The van der Waals surface area contributed by atoms with Crippen molar-refractivity contribution in [2.75, 3.05) is 5.33 Å². The average molecular weight is 359 g/mol. The van der Waals surface area contributed by atoms with Crippen molar-refractivity contribution in [1.82, 2.24) is 0 Å². The summed E-state index contributed by atoms with van der Waals surface area (Å²) in [5, 5.41) is 1.11. The van der Waals surface area contributed by atoms with E-state index in [1.54, 1.807) is 0 Å². The molecule has 118 valence electrons. The first-order valence-electron chi connectivity index (χ1n) is 8.57. The maximum Gasteiger partial charge on any atom is 0.00314 e. The Morgan fingerprint density at radius 2 is 1.09 bits per heavy atom. The topological polar surface area (TPSA) is 0 Å². The third kappa shape index (κ3) is 5.61. The predicted molar refractivity (Wildman–Crippen MR) is 102 cm³/mol. The maximum absolute atomic E-state index is 3.49. The van der Waals surface area contributed by atoms with E-state index in [9.17, 15) is 0 Å². The first kappa shape index (κ1) is 17.3. The largest absolute Gasteiger partial charge is 0.0928 e. The van der Waals surface area contributed by atoms with Gasteiger partial charge in [-0.25, -0.2) is 0 Å². The molecular formula is C21H27Br. The van der Waals surface area contributed by atoms with Gasteiger partial charge in [-0.2, -0.15) is 0 Å². The SMILES string of the molecule is CCCCCc1ccc(-c2ccc(CCCCBr)cc2)cc1. The van der Waals surface area contributed by atoms with Crippen molar-refractivity contribution in [3.63, 3.8) is 0 Å². The van der Waals surface area contributed by atoms with Gasteiger partial charge in [-0.15, -0.1) is 0 Å². The van der Waals surface area contributed by atoms with Crippen LogP contribution in [0, 0.1) is 0 Å². The normalized spacial score (nSPS) is 10.8. The molecule has 0 aromatic heterocycles. The van der Waals surface area contributed by atoms with E-state index in [1.807, 2.05) is 0 Å². The molecule has 0 saturated heterocycles. The van der Waals surface area contributed by atoms with Crippen molar-refractivity contribution in [2.24, 2.45) is 0 Å². The summed E-state index contributed by atoms with van der Waals surface area (Å²) in [6.07, 6.45) is 8.83. The minimum Gasteiger partial charge on any atom is -0.0928 e. The molecule has 0 aliphatic heterocycles. The quantitative estimate of drug-likeness (QED) is 0.341. The van der Waals surface area contributed by atoms with E-state index >= 15 is 0 Å². The van der Waals surface area contributed by atoms with Gasteiger partial charge < -0.3 is 0 Å². The number of aryl methyl sites for hydroxylation is 2. The van der Waals surface area contributed by atoms with Gasteiger partial charge in [0.1, 0.15) is 0 Å². The summed E-state index contributed by atoms with van der Waals surface area (Å²) in [7, 11) is 0. The van der Waals surface area contributed by atoms with Crippen LogP contribution in [0.4, 0.5) is 0 Å².